The summed E-state index contributed by atoms with van der Waals surface area (Å²) in [6, 6.07) is 7.46. The van der Waals surface area contributed by atoms with Crippen LogP contribution < -0.4 is 4.74 Å². The summed E-state index contributed by atoms with van der Waals surface area (Å²) in [4.78, 5) is 27.2. The van der Waals surface area contributed by atoms with Gasteiger partial charge >= 0.3 is 5.97 Å². The van der Waals surface area contributed by atoms with Crippen molar-refractivity contribution in [1.82, 2.24) is 4.90 Å². The van der Waals surface area contributed by atoms with Gasteiger partial charge in [0.05, 0.1) is 13.2 Å². The minimum absolute atomic E-state index is 0.272. The highest BCUT2D eigenvalue weighted by atomic mass is 32.2. The van der Waals surface area contributed by atoms with Crippen molar-refractivity contribution in [3.8, 4) is 11.8 Å². The van der Waals surface area contributed by atoms with Crippen molar-refractivity contribution in [2.24, 2.45) is 0 Å². The van der Waals surface area contributed by atoms with Crippen LogP contribution in [0.3, 0.4) is 0 Å². The molecule has 0 bridgehead atoms. The first-order valence-electron chi connectivity index (χ1n) is 8.54. The molecule has 7 heteroatoms. The molecule has 1 aliphatic rings. The van der Waals surface area contributed by atoms with E-state index in [-0.39, 0.29) is 11.5 Å². The van der Waals surface area contributed by atoms with Crippen molar-refractivity contribution in [2.45, 2.75) is 42.5 Å². The molecule has 140 valence electrons. The fraction of sp³-hybridized carbons (Fsp3) is 0.526. The number of benzene rings is 1. The summed E-state index contributed by atoms with van der Waals surface area (Å²) in [5.41, 5.74) is -0.521. The van der Waals surface area contributed by atoms with E-state index in [4.69, 9.17) is 9.47 Å². The molecule has 0 aliphatic heterocycles. The molecule has 1 aliphatic carbocycles. The maximum absolute atomic E-state index is 12.5. The summed E-state index contributed by atoms with van der Waals surface area (Å²) in [5.74, 6) is -0.587. The third-order valence-corrected chi connectivity index (χ3v) is 5.59. The molecule has 0 spiro atoms. The van der Waals surface area contributed by atoms with Gasteiger partial charge in [0.15, 0.2) is 6.61 Å². The van der Waals surface area contributed by atoms with Crippen LogP contribution in [-0.2, 0) is 9.53 Å². The lowest BCUT2D eigenvalue weighted by molar-refractivity contribution is -0.138. The minimum atomic E-state index is -0.792. The molecule has 0 N–H and O–H groups in total. The number of amides is 1. The van der Waals surface area contributed by atoms with Crippen molar-refractivity contribution in [2.75, 3.05) is 27.0 Å². The van der Waals surface area contributed by atoms with Crippen molar-refractivity contribution < 1.29 is 19.1 Å². The maximum Gasteiger partial charge on any atom is 0.342 e. The molecular formula is C19H24N2O4S. The third kappa shape index (κ3) is 4.31. The van der Waals surface area contributed by atoms with Crippen molar-refractivity contribution in [3.63, 3.8) is 0 Å². The second kappa shape index (κ2) is 8.95. The average molecular weight is 376 g/mol. The molecule has 2 rings (SSSR count). The average Bonchev–Trinajstić information content (AvgIpc) is 2.70. The second-order valence-corrected chi connectivity index (χ2v) is 7.18. The zero-order chi connectivity index (χ0) is 19.2. The number of methoxy groups -OCH3 is 1. The van der Waals surface area contributed by atoms with Gasteiger partial charge in [-0.2, -0.15) is 5.26 Å². The van der Waals surface area contributed by atoms with Gasteiger partial charge in [0.1, 0.15) is 16.9 Å². The van der Waals surface area contributed by atoms with Gasteiger partial charge in [0.25, 0.3) is 5.91 Å². The number of thioether (sulfide) groups is 1. The number of esters is 1. The first-order chi connectivity index (χ1) is 12.5. The molecular weight excluding hydrogens is 352 g/mol. The molecule has 1 saturated carbocycles. The molecule has 1 fully saturated rings. The number of hydrogen-bond acceptors (Lipinski definition) is 6. The molecule has 0 saturated heterocycles. The fourth-order valence-electron chi connectivity index (χ4n) is 3.17. The zero-order valence-electron chi connectivity index (χ0n) is 15.4. The van der Waals surface area contributed by atoms with E-state index in [1.165, 1.54) is 23.8 Å². The van der Waals surface area contributed by atoms with Gasteiger partial charge in [-0.1, -0.05) is 19.3 Å². The van der Waals surface area contributed by atoms with Crippen LogP contribution in [0, 0.1) is 11.3 Å². The Hall–Kier alpha value is -2.20. The number of carbonyl (C=O) groups is 2. The number of likely N-dealkylation sites (N-methyl/N-ethyl adjacent to an activating group) is 1. The van der Waals surface area contributed by atoms with E-state index in [0.717, 1.165) is 24.2 Å². The Morgan fingerprint density at radius 1 is 1.31 bits per heavy atom. The number of rotatable bonds is 6. The molecule has 0 heterocycles. The molecule has 26 heavy (non-hydrogen) atoms. The largest absolute Gasteiger partial charge is 0.496 e. The van der Waals surface area contributed by atoms with Crippen LogP contribution in [0.1, 0.15) is 42.5 Å². The summed E-state index contributed by atoms with van der Waals surface area (Å²) in [6.45, 7) is -0.397. The topological polar surface area (TPSA) is 79.6 Å². The Bertz CT molecular complexity index is 708. The van der Waals surface area contributed by atoms with Crippen LogP contribution in [0.5, 0.6) is 5.75 Å². The summed E-state index contributed by atoms with van der Waals surface area (Å²) < 4.78 is 10.4. The number of hydrogen-bond donors (Lipinski definition) is 0. The Morgan fingerprint density at radius 2 is 2.00 bits per heavy atom. The lowest BCUT2D eigenvalue weighted by atomic mass is 9.81. The van der Waals surface area contributed by atoms with Crippen LogP contribution in [0.2, 0.25) is 0 Å². The van der Waals surface area contributed by atoms with Gasteiger partial charge < -0.3 is 14.4 Å². The quantitative estimate of drug-likeness (QED) is 0.560. The van der Waals surface area contributed by atoms with Crippen molar-refractivity contribution >= 4 is 23.6 Å². The van der Waals surface area contributed by atoms with Gasteiger partial charge in [-0.25, -0.2) is 4.79 Å². The number of nitrogens with zero attached hydrogens (tertiary/aromatic N) is 2. The summed E-state index contributed by atoms with van der Waals surface area (Å²) in [6.07, 6.45) is 6.16. The molecule has 6 nitrogen and oxygen atoms in total. The van der Waals surface area contributed by atoms with E-state index in [2.05, 4.69) is 6.07 Å². The van der Waals surface area contributed by atoms with Gasteiger partial charge in [-0.05, 0) is 37.3 Å². The Morgan fingerprint density at radius 3 is 2.58 bits per heavy atom. The molecule has 1 aromatic carbocycles. The van der Waals surface area contributed by atoms with E-state index in [9.17, 15) is 14.9 Å². The number of ether oxygens (including phenoxy) is 2. The van der Waals surface area contributed by atoms with E-state index in [1.807, 2.05) is 6.26 Å². The SMILES string of the molecule is COc1cc(SC)ccc1C(=O)OCC(=O)N(C)C1(C#N)CCCCC1. The highest BCUT2D eigenvalue weighted by Gasteiger charge is 2.39. The van der Waals surface area contributed by atoms with Crippen LogP contribution in [0.25, 0.3) is 0 Å². The van der Waals surface area contributed by atoms with Crippen molar-refractivity contribution in [1.29, 1.82) is 5.26 Å². The highest BCUT2D eigenvalue weighted by Crippen LogP contribution is 2.32. The summed E-state index contributed by atoms with van der Waals surface area (Å²) in [7, 11) is 3.09. The van der Waals surface area contributed by atoms with Crippen LogP contribution >= 0.6 is 11.8 Å². The van der Waals surface area contributed by atoms with E-state index >= 15 is 0 Å². The zero-order valence-corrected chi connectivity index (χ0v) is 16.2. The van der Waals surface area contributed by atoms with Crippen LogP contribution in [0.4, 0.5) is 0 Å². The van der Waals surface area contributed by atoms with Gasteiger partial charge in [-0.15, -0.1) is 11.8 Å². The van der Waals surface area contributed by atoms with Gasteiger partial charge in [0.2, 0.25) is 0 Å². The lowest BCUT2D eigenvalue weighted by Gasteiger charge is -2.38. The molecule has 0 aromatic heterocycles. The highest BCUT2D eigenvalue weighted by molar-refractivity contribution is 7.98. The van der Waals surface area contributed by atoms with Crippen LogP contribution in [-0.4, -0.2) is 49.3 Å². The maximum atomic E-state index is 12.5. The molecule has 1 amide bonds. The standard InChI is InChI=1S/C19H24N2O4S/c1-21(19(13-20)9-5-4-6-10-19)17(22)12-25-18(23)15-8-7-14(26-3)11-16(15)24-2/h7-8,11H,4-6,9-10,12H2,1-3H3. The predicted molar refractivity (Wildman–Crippen MR) is 99.3 cm³/mol. The lowest BCUT2D eigenvalue weighted by Crippen LogP contribution is -2.51. The third-order valence-electron chi connectivity index (χ3n) is 4.86. The van der Waals surface area contributed by atoms with E-state index in [1.54, 1.807) is 25.2 Å². The Kier molecular flexibility index (Phi) is 6.92. The second-order valence-electron chi connectivity index (χ2n) is 6.30. The molecule has 0 atom stereocenters. The first kappa shape index (κ1) is 20.1. The Labute approximate surface area is 158 Å². The van der Waals surface area contributed by atoms with E-state index in [0.29, 0.717) is 18.6 Å². The smallest absolute Gasteiger partial charge is 0.342 e. The summed E-state index contributed by atoms with van der Waals surface area (Å²) in [5, 5.41) is 9.56. The minimum Gasteiger partial charge on any atom is -0.496 e. The fourth-order valence-corrected chi connectivity index (χ4v) is 3.60. The monoisotopic (exact) mass is 376 g/mol. The number of nitriles is 1. The normalized spacial score (nSPS) is 15.6. The van der Waals surface area contributed by atoms with E-state index < -0.39 is 18.1 Å². The molecule has 0 radical (unpaired) electrons. The van der Waals surface area contributed by atoms with Gasteiger partial charge in [0, 0.05) is 11.9 Å². The molecule has 0 unspecified atom stereocenters. The number of carbonyl (C=O) groups excluding carboxylic acids is 2. The Balaban J connectivity index is 2.02. The summed E-state index contributed by atoms with van der Waals surface area (Å²) >= 11 is 1.54. The van der Waals surface area contributed by atoms with Gasteiger partial charge in [-0.3, -0.25) is 4.79 Å². The first-order valence-corrected chi connectivity index (χ1v) is 9.77. The predicted octanol–water partition coefficient (Wildman–Crippen LogP) is 3.26. The molecule has 1 aromatic rings. The van der Waals surface area contributed by atoms with Crippen LogP contribution in [0.15, 0.2) is 23.1 Å². The van der Waals surface area contributed by atoms with Crippen molar-refractivity contribution in [3.05, 3.63) is 23.8 Å².